The van der Waals surface area contributed by atoms with E-state index in [2.05, 4.69) is 45.6 Å². The van der Waals surface area contributed by atoms with Gasteiger partial charge in [0.25, 0.3) is 0 Å². The van der Waals surface area contributed by atoms with E-state index in [1.807, 2.05) is 42.9 Å². The lowest BCUT2D eigenvalue weighted by molar-refractivity contribution is -0.0315. The number of morpholine rings is 1. The standard InChI is InChI=1S/C22H27N5O/c1-17-15-22(25-26(17)2)24-21-10-6-9-19(23-21)20-16-27(13-14-28-20)12-11-18-7-4-3-5-8-18/h3-10,15,20H,11-14,16H2,1-2H3,(H,23,24,25). The Hall–Kier alpha value is -2.70. The predicted octanol–water partition coefficient (Wildman–Crippen LogP) is 3.48. The van der Waals surface area contributed by atoms with Crippen LogP contribution in [0, 0.1) is 6.92 Å². The summed E-state index contributed by atoms with van der Waals surface area (Å²) < 4.78 is 7.87. The van der Waals surface area contributed by atoms with E-state index in [0.29, 0.717) is 0 Å². The van der Waals surface area contributed by atoms with E-state index < -0.39 is 0 Å². The summed E-state index contributed by atoms with van der Waals surface area (Å²) in [5.41, 5.74) is 3.44. The van der Waals surface area contributed by atoms with Gasteiger partial charge in [-0.25, -0.2) is 4.98 Å². The highest BCUT2D eigenvalue weighted by molar-refractivity contribution is 5.52. The fourth-order valence-electron chi connectivity index (χ4n) is 3.47. The summed E-state index contributed by atoms with van der Waals surface area (Å²) in [4.78, 5) is 7.23. The van der Waals surface area contributed by atoms with Crippen LogP contribution < -0.4 is 5.32 Å². The van der Waals surface area contributed by atoms with Crippen molar-refractivity contribution >= 4 is 11.6 Å². The number of nitrogens with one attached hydrogen (secondary N) is 1. The van der Waals surface area contributed by atoms with E-state index >= 15 is 0 Å². The Labute approximate surface area is 166 Å². The van der Waals surface area contributed by atoms with Crippen molar-refractivity contribution in [3.8, 4) is 0 Å². The van der Waals surface area contributed by atoms with Crippen LogP contribution in [0.25, 0.3) is 0 Å². The Morgan fingerprint density at radius 1 is 1.11 bits per heavy atom. The normalized spacial score (nSPS) is 17.6. The quantitative estimate of drug-likeness (QED) is 0.713. The third-order valence-corrected chi connectivity index (χ3v) is 5.18. The molecule has 146 valence electrons. The highest BCUT2D eigenvalue weighted by atomic mass is 16.5. The number of aryl methyl sites for hydroxylation is 2. The van der Waals surface area contributed by atoms with E-state index in [1.54, 1.807) is 0 Å². The average Bonchev–Trinajstić information content (AvgIpc) is 3.04. The molecule has 1 aliphatic rings. The Balaban J connectivity index is 1.39. The minimum atomic E-state index is -0.00302. The van der Waals surface area contributed by atoms with E-state index in [4.69, 9.17) is 9.72 Å². The van der Waals surface area contributed by atoms with Crippen molar-refractivity contribution in [2.75, 3.05) is 31.6 Å². The molecule has 0 amide bonds. The minimum absolute atomic E-state index is 0.00302. The van der Waals surface area contributed by atoms with Crippen molar-refractivity contribution in [2.24, 2.45) is 7.05 Å². The molecule has 28 heavy (non-hydrogen) atoms. The Kier molecular flexibility index (Phi) is 5.69. The van der Waals surface area contributed by atoms with Crippen LogP contribution in [0.2, 0.25) is 0 Å². The number of rotatable bonds is 6. The summed E-state index contributed by atoms with van der Waals surface area (Å²) in [7, 11) is 1.93. The van der Waals surface area contributed by atoms with Crippen LogP contribution in [-0.4, -0.2) is 45.9 Å². The summed E-state index contributed by atoms with van der Waals surface area (Å²) in [6, 6.07) is 18.7. The fraction of sp³-hybridized carbons (Fsp3) is 0.364. The molecule has 4 rings (SSSR count). The van der Waals surface area contributed by atoms with Gasteiger partial charge in [-0.2, -0.15) is 5.10 Å². The molecule has 1 fully saturated rings. The molecule has 0 bridgehead atoms. The first-order chi connectivity index (χ1) is 13.7. The van der Waals surface area contributed by atoms with Crippen LogP contribution in [0.15, 0.2) is 54.6 Å². The molecule has 0 spiro atoms. The second kappa shape index (κ2) is 8.54. The zero-order chi connectivity index (χ0) is 19.3. The highest BCUT2D eigenvalue weighted by Crippen LogP contribution is 2.23. The van der Waals surface area contributed by atoms with Crippen molar-refractivity contribution in [1.82, 2.24) is 19.7 Å². The van der Waals surface area contributed by atoms with Gasteiger partial charge in [0.05, 0.1) is 12.3 Å². The summed E-state index contributed by atoms with van der Waals surface area (Å²) >= 11 is 0. The molecule has 3 heterocycles. The second-order valence-corrected chi connectivity index (χ2v) is 7.26. The predicted molar refractivity (Wildman–Crippen MR) is 111 cm³/mol. The molecule has 1 aliphatic heterocycles. The number of benzene rings is 1. The number of nitrogens with zero attached hydrogens (tertiary/aromatic N) is 4. The third-order valence-electron chi connectivity index (χ3n) is 5.18. The van der Waals surface area contributed by atoms with Crippen molar-refractivity contribution in [3.05, 3.63) is 71.5 Å². The lowest BCUT2D eigenvalue weighted by Crippen LogP contribution is -2.39. The fourth-order valence-corrected chi connectivity index (χ4v) is 3.47. The highest BCUT2D eigenvalue weighted by Gasteiger charge is 2.23. The first-order valence-corrected chi connectivity index (χ1v) is 9.80. The van der Waals surface area contributed by atoms with Gasteiger partial charge in [-0.05, 0) is 31.0 Å². The molecule has 3 aromatic rings. The molecule has 6 nitrogen and oxygen atoms in total. The second-order valence-electron chi connectivity index (χ2n) is 7.26. The van der Waals surface area contributed by atoms with E-state index in [0.717, 1.165) is 55.7 Å². The molecular weight excluding hydrogens is 350 g/mol. The Morgan fingerprint density at radius 3 is 2.75 bits per heavy atom. The molecule has 0 radical (unpaired) electrons. The van der Waals surface area contributed by atoms with Gasteiger partial charge in [-0.15, -0.1) is 0 Å². The van der Waals surface area contributed by atoms with Gasteiger partial charge < -0.3 is 10.1 Å². The molecular formula is C22H27N5O. The lowest BCUT2D eigenvalue weighted by atomic mass is 10.1. The van der Waals surface area contributed by atoms with Gasteiger partial charge in [0, 0.05) is 38.4 Å². The number of hydrogen-bond donors (Lipinski definition) is 1. The number of pyridine rings is 1. The van der Waals surface area contributed by atoms with Crippen molar-refractivity contribution in [1.29, 1.82) is 0 Å². The third kappa shape index (κ3) is 4.58. The van der Waals surface area contributed by atoms with Gasteiger partial charge in [0.15, 0.2) is 5.82 Å². The van der Waals surface area contributed by atoms with Crippen molar-refractivity contribution in [3.63, 3.8) is 0 Å². The Morgan fingerprint density at radius 2 is 1.96 bits per heavy atom. The van der Waals surface area contributed by atoms with E-state index in [-0.39, 0.29) is 6.10 Å². The van der Waals surface area contributed by atoms with Gasteiger partial charge in [-0.1, -0.05) is 36.4 Å². The lowest BCUT2D eigenvalue weighted by Gasteiger charge is -2.32. The van der Waals surface area contributed by atoms with Crippen LogP contribution in [0.5, 0.6) is 0 Å². The van der Waals surface area contributed by atoms with Crippen LogP contribution in [-0.2, 0) is 18.2 Å². The number of anilines is 2. The van der Waals surface area contributed by atoms with E-state index in [1.165, 1.54) is 5.56 Å². The monoisotopic (exact) mass is 377 g/mol. The minimum Gasteiger partial charge on any atom is -0.369 e. The topological polar surface area (TPSA) is 55.2 Å². The molecule has 2 aromatic heterocycles. The maximum atomic E-state index is 6.02. The number of hydrogen-bond acceptors (Lipinski definition) is 5. The average molecular weight is 377 g/mol. The molecule has 0 aliphatic carbocycles. The SMILES string of the molecule is Cc1cc(Nc2cccc(C3CN(CCc4ccccc4)CCO3)n2)nn1C. The smallest absolute Gasteiger partial charge is 0.153 e. The Bertz CT molecular complexity index is 889. The van der Waals surface area contributed by atoms with Gasteiger partial charge in [0.2, 0.25) is 0 Å². The summed E-state index contributed by atoms with van der Waals surface area (Å²) in [5.74, 6) is 1.60. The summed E-state index contributed by atoms with van der Waals surface area (Å²) in [5, 5.41) is 7.73. The van der Waals surface area contributed by atoms with Gasteiger partial charge in [0.1, 0.15) is 11.9 Å². The molecule has 1 atom stereocenters. The summed E-state index contributed by atoms with van der Waals surface area (Å²) in [6.07, 6.45) is 1.05. The summed E-state index contributed by atoms with van der Waals surface area (Å²) in [6.45, 7) is 5.63. The molecule has 1 saturated heterocycles. The van der Waals surface area contributed by atoms with E-state index in [9.17, 15) is 0 Å². The van der Waals surface area contributed by atoms with Gasteiger partial charge in [-0.3, -0.25) is 9.58 Å². The largest absolute Gasteiger partial charge is 0.369 e. The molecule has 1 unspecified atom stereocenters. The number of ether oxygens (including phenoxy) is 1. The van der Waals surface area contributed by atoms with Crippen LogP contribution in [0.3, 0.4) is 0 Å². The first kappa shape index (κ1) is 18.7. The zero-order valence-electron chi connectivity index (χ0n) is 16.5. The van der Waals surface area contributed by atoms with Gasteiger partial charge >= 0.3 is 0 Å². The zero-order valence-corrected chi connectivity index (χ0v) is 16.5. The van der Waals surface area contributed by atoms with Crippen molar-refractivity contribution < 1.29 is 4.74 Å². The maximum Gasteiger partial charge on any atom is 0.153 e. The first-order valence-electron chi connectivity index (χ1n) is 9.80. The van der Waals surface area contributed by atoms with Crippen LogP contribution >= 0.6 is 0 Å². The number of aromatic nitrogens is 3. The van der Waals surface area contributed by atoms with Crippen molar-refractivity contribution in [2.45, 2.75) is 19.4 Å². The van der Waals surface area contributed by atoms with Crippen LogP contribution in [0.1, 0.15) is 23.1 Å². The maximum absolute atomic E-state index is 6.02. The molecule has 1 N–H and O–H groups in total. The molecule has 6 heteroatoms. The molecule has 0 saturated carbocycles. The van der Waals surface area contributed by atoms with Crippen LogP contribution in [0.4, 0.5) is 11.6 Å². The molecule has 1 aromatic carbocycles.